The average Bonchev–Trinajstić information content (AvgIpc) is 2.51. The van der Waals surface area contributed by atoms with Gasteiger partial charge in [0.1, 0.15) is 0 Å². The molecule has 21 heavy (non-hydrogen) atoms. The summed E-state index contributed by atoms with van der Waals surface area (Å²) in [6.07, 6.45) is 4.85. The number of hydrogen-bond donors (Lipinski definition) is 1. The number of nitrogens with zero attached hydrogens (tertiary/aromatic N) is 1. The van der Waals surface area contributed by atoms with Gasteiger partial charge in [0, 0.05) is 36.2 Å². The summed E-state index contributed by atoms with van der Waals surface area (Å²) in [5.41, 5.74) is 1.52. The lowest BCUT2D eigenvalue weighted by atomic mass is 9.86. The summed E-state index contributed by atoms with van der Waals surface area (Å²) in [7, 11) is 0. The summed E-state index contributed by atoms with van der Waals surface area (Å²) in [6.45, 7) is 10.1. The van der Waals surface area contributed by atoms with Crippen LogP contribution in [-0.4, -0.2) is 29.6 Å². The molecule has 0 spiro atoms. The molecule has 0 bridgehead atoms. The summed E-state index contributed by atoms with van der Waals surface area (Å²) < 4.78 is 0. The molecule has 1 atom stereocenters. The molecule has 0 amide bonds. The predicted octanol–water partition coefficient (Wildman–Crippen LogP) is 4.47. The minimum absolute atomic E-state index is 0.267. The second-order valence-corrected chi connectivity index (χ2v) is 6.68. The summed E-state index contributed by atoms with van der Waals surface area (Å²) in [5, 5.41) is 4.66. The lowest BCUT2D eigenvalue weighted by molar-refractivity contribution is 0.0228. The van der Waals surface area contributed by atoms with E-state index in [9.17, 15) is 0 Å². The fourth-order valence-electron chi connectivity index (χ4n) is 3.52. The van der Waals surface area contributed by atoms with Crippen molar-refractivity contribution in [3.8, 4) is 0 Å². The van der Waals surface area contributed by atoms with Crippen LogP contribution in [0.3, 0.4) is 0 Å². The van der Waals surface area contributed by atoms with E-state index in [0.717, 1.165) is 24.7 Å². The molecule has 1 unspecified atom stereocenters. The molecule has 1 heterocycles. The van der Waals surface area contributed by atoms with Crippen molar-refractivity contribution in [2.24, 2.45) is 0 Å². The van der Waals surface area contributed by atoms with Crippen molar-refractivity contribution in [1.29, 1.82) is 0 Å². The maximum atomic E-state index is 6.38. The van der Waals surface area contributed by atoms with Gasteiger partial charge >= 0.3 is 0 Å². The zero-order valence-corrected chi connectivity index (χ0v) is 14.4. The Hall–Kier alpha value is -0.570. The van der Waals surface area contributed by atoms with Gasteiger partial charge in [0.05, 0.1) is 0 Å². The third kappa shape index (κ3) is 3.80. The van der Waals surface area contributed by atoms with Crippen molar-refractivity contribution < 1.29 is 0 Å². The molecule has 3 heteroatoms. The first-order valence-corrected chi connectivity index (χ1v) is 8.74. The standard InChI is InChI=1S/C18H29ClN2/c1-4-9-16-13-21(18(5-2,6-3)14-20-16)12-15-10-7-8-11-17(15)19/h7-8,10-11,16,20H,4-6,9,12-14H2,1-3H3. The predicted molar refractivity (Wildman–Crippen MR) is 91.9 cm³/mol. The van der Waals surface area contributed by atoms with Gasteiger partial charge in [-0.2, -0.15) is 0 Å². The number of hydrogen-bond acceptors (Lipinski definition) is 2. The van der Waals surface area contributed by atoms with Crippen LogP contribution in [-0.2, 0) is 6.54 Å². The van der Waals surface area contributed by atoms with Crippen LogP contribution in [0.15, 0.2) is 24.3 Å². The van der Waals surface area contributed by atoms with Crippen molar-refractivity contribution in [2.75, 3.05) is 13.1 Å². The van der Waals surface area contributed by atoms with Gasteiger partial charge in [-0.25, -0.2) is 0 Å². The second kappa shape index (κ2) is 7.62. The molecular weight excluding hydrogens is 280 g/mol. The average molecular weight is 309 g/mol. The molecule has 1 aromatic rings. The maximum Gasteiger partial charge on any atom is 0.0451 e. The Morgan fingerprint density at radius 2 is 1.95 bits per heavy atom. The number of rotatable bonds is 6. The van der Waals surface area contributed by atoms with Gasteiger partial charge in [-0.05, 0) is 30.9 Å². The molecule has 2 rings (SSSR count). The maximum absolute atomic E-state index is 6.38. The van der Waals surface area contributed by atoms with Crippen LogP contribution in [0.25, 0.3) is 0 Å². The van der Waals surface area contributed by atoms with Crippen LogP contribution < -0.4 is 5.32 Å². The Balaban J connectivity index is 2.19. The van der Waals surface area contributed by atoms with Crippen LogP contribution in [0.1, 0.15) is 52.0 Å². The fraction of sp³-hybridized carbons (Fsp3) is 0.667. The highest BCUT2D eigenvalue weighted by molar-refractivity contribution is 6.31. The number of benzene rings is 1. The van der Waals surface area contributed by atoms with Gasteiger partial charge in [0.15, 0.2) is 0 Å². The Morgan fingerprint density at radius 3 is 2.57 bits per heavy atom. The lowest BCUT2D eigenvalue weighted by Crippen LogP contribution is -2.63. The minimum atomic E-state index is 0.267. The number of halogens is 1. The first kappa shape index (κ1) is 16.8. The van der Waals surface area contributed by atoms with E-state index in [1.807, 2.05) is 12.1 Å². The van der Waals surface area contributed by atoms with Crippen molar-refractivity contribution in [2.45, 2.75) is 64.6 Å². The van der Waals surface area contributed by atoms with Gasteiger partial charge < -0.3 is 5.32 Å². The monoisotopic (exact) mass is 308 g/mol. The van der Waals surface area contributed by atoms with Crippen LogP contribution in [0.5, 0.6) is 0 Å². The molecule has 1 aliphatic rings. The minimum Gasteiger partial charge on any atom is -0.311 e. The van der Waals surface area contributed by atoms with Crippen molar-refractivity contribution >= 4 is 11.6 Å². The highest BCUT2D eigenvalue weighted by Crippen LogP contribution is 2.30. The third-order valence-corrected chi connectivity index (χ3v) is 5.47. The van der Waals surface area contributed by atoms with Gasteiger partial charge in [0.25, 0.3) is 0 Å². The van der Waals surface area contributed by atoms with E-state index < -0.39 is 0 Å². The number of nitrogens with one attached hydrogen (secondary N) is 1. The van der Waals surface area contributed by atoms with E-state index in [-0.39, 0.29) is 5.54 Å². The molecule has 0 aromatic heterocycles. The van der Waals surface area contributed by atoms with Crippen LogP contribution >= 0.6 is 11.6 Å². The molecule has 118 valence electrons. The Labute approximate surface area is 134 Å². The topological polar surface area (TPSA) is 15.3 Å². The second-order valence-electron chi connectivity index (χ2n) is 6.27. The van der Waals surface area contributed by atoms with E-state index in [0.29, 0.717) is 6.04 Å². The third-order valence-electron chi connectivity index (χ3n) is 5.10. The molecule has 1 aliphatic heterocycles. The molecule has 1 saturated heterocycles. The number of piperazine rings is 1. The normalized spacial score (nSPS) is 22.4. The summed E-state index contributed by atoms with van der Waals surface area (Å²) in [4.78, 5) is 2.67. The molecular formula is C18H29ClN2. The molecule has 2 nitrogen and oxygen atoms in total. The molecule has 0 saturated carbocycles. The summed E-state index contributed by atoms with van der Waals surface area (Å²) in [6, 6.07) is 8.88. The zero-order chi connectivity index (χ0) is 15.3. The lowest BCUT2D eigenvalue weighted by Gasteiger charge is -2.50. The van der Waals surface area contributed by atoms with Crippen molar-refractivity contribution in [3.05, 3.63) is 34.9 Å². The van der Waals surface area contributed by atoms with Crippen molar-refractivity contribution in [1.82, 2.24) is 10.2 Å². The van der Waals surface area contributed by atoms with Crippen LogP contribution in [0.2, 0.25) is 5.02 Å². The molecule has 0 radical (unpaired) electrons. The smallest absolute Gasteiger partial charge is 0.0451 e. The Bertz CT molecular complexity index is 443. The summed E-state index contributed by atoms with van der Waals surface area (Å²) >= 11 is 6.38. The first-order chi connectivity index (χ1) is 10.1. The van der Waals surface area contributed by atoms with E-state index >= 15 is 0 Å². The molecule has 0 aliphatic carbocycles. The highest BCUT2D eigenvalue weighted by Gasteiger charge is 2.38. The first-order valence-electron chi connectivity index (χ1n) is 8.37. The van der Waals surface area contributed by atoms with Gasteiger partial charge in [-0.3, -0.25) is 4.90 Å². The largest absolute Gasteiger partial charge is 0.311 e. The van der Waals surface area contributed by atoms with E-state index in [4.69, 9.17) is 11.6 Å². The van der Waals surface area contributed by atoms with Crippen molar-refractivity contribution in [3.63, 3.8) is 0 Å². The van der Waals surface area contributed by atoms with Gasteiger partial charge in [-0.15, -0.1) is 0 Å². The van der Waals surface area contributed by atoms with Crippen LogP contribution in [0, 0.1) is 0 Å². The zero-order valence-electron chi connectivity index (χ0n) is 13.7. The summed E-state index contributed by atoms with van der Waals surface area (Å²) in [5.74, 6) is 0. The highest BCUT2D eigenvalue weighted by atomic mass is 35.5. The van der Waals surface area contributed by atoms with Gasteiger partial charge in [-0.1, -0.05) is 57.0 Å². The van der Waals surface area contributed by atoms with E-state index in [1.54, 1.807) is 0 Å². The van der Waals surface area contributed by atoms with E-state index in [2.05, 4.69) is 43.1 Å². The molecule has 1 aromatic carbocycles. The Morgan fingerprint density at radius 1 is 1.24 bits per heavy atom. The molecule has 1 N–H and O–H groups in total. The van der Waals surface area contributed by atoms with E-state index in [1.165, 1.54) is 31.2 Å². The molecule has 1 fully saturated rings. The van der Waals surface area contributed by atoms with Gasteiger partial charge in [0.2, 0.25) is 0 Å². The quantitative estimate of drug-likeness (QED) is 0.834. The fourth-order valence-corrected chi connectivity index (χ4v) is 3.72. The van der Waals surface area contributed by atoms with Crippen LogP contribution in [0.4, 0.5) is 0 Å². The SMILES string of the molecule is CCCC1CN(Cc2ccccc2Cl)C(CC)(CC)CN1. The Kier molecular flexibility index (Phi) is 6.09.